The van der Waals surface area contributed by atoms with Crippen molar-refractivity contribution in [2.45, 2.75) is 6.04 Å². The van der Waals surface area contributed by atoms with E-state index in [2.05, 4.69) is 21.2 Å². The molecule has 1 heterocycles. The molecule has 98 valence electrons. The molecule has 2 atom stereocenters. The number of hydrogen-bond donors (Lipinski definition) is 2. The third-order valence-electron chi connectivity index (χ3n) is 2.84. The van der Waals surface area contributed by atoms with Crippen molar-refractivity contribution >= 4 is 27.5 Å². The van der Waals surface area contributed by atoms with Crippen LogP contribution in [0.1, 0.15) is 0 Å². The maximum Gasteiger partial charge on any atom is 0.231 e. The molecule has 1 amide bonds. The average Bonchev–Trinajstić information content (AvgIpc) is 2.74. The van der Waals surface area contributed by atoms with Gasteiger partial charge in [-0.15, -0.1) is 0 Å². The second-order valence-electron chi connectivity index (χ2n) is 4.18. The Hall–Kier alpha value is -1.11. The van der Waals surface area contributed by atoms with Crippen LogP contribution in [0.4, 0.5) is 5.69 Å². The first-order valence-corrected chi connectivity index (χ1v) is 6.38. The number of amides is 1. The van der Waals surface area contributed by atoms with Gasteiger partial charge in [-0.3, -0.25) is 4.79 Å². The van der Waals surface area contributed by atoms with Crippen molar-refractivity contribution in [3.63, 3.8) is 0 Å². The minimum atomic E-state index is -0.296. The fraction of sp³-hybridized carbons (Fsp3) is 0.417. The molecule has 18 heavy (non-hydrogen) atoms. The summed E-state index contributed by atoms with van der Waals surface area (Å²) < 4.78 is 11.1. The van der Waals surface area contributed by atoms with E-state index in [9.17, 15) is 4.79 Å². The highest BCUT2D eigenvalue weighted by atomic mass is 79.9. The van der Waals surface area contributed by atoms with Crippen molar-refractivity contribution in [2.75, 3.05) is 25.6 Å². The van der Waals surface area contributed by atoms with Gasteiger partial charge in [-0.2, -0.15) is 0 Å². The maximum atomic E-state index is 12.0. The third-order valence-corrected chi connectivity index (χ3v) is 3.29. The normalized spacial score (nSPS) is 22.8. The Kier molecular flexibility index (Phi) is 4.21. The number of nitrogens with one attached hydrogen (secondary N) is 1. The van der Waals surface area contributed by atoms with Crippen molar-refractivity contribution in [2.24, 2.45) is 11.7 Å². The van der Waals surface area contributed by atoms with Crippen LogP contribution in [0.15, 0.2) is 22.7 Å². The molecular weight excluding hydrogens is 300 g/mol. The lowest BCUT2D eigenvalue weighted by Gasteiger charge is -2.14. The van der Waals surface area contributed by atoms with Crippen molar-refractivity contribution < 1.29 is 14.3 Å². The number of halogens is 1. The highest BCUT2D eigenvalue weighted by Gasteiger charge is 2.31. The largest absolute Gasteiger partial charge is 0.497 e. The predicted octanol–water partition coefficient (Wildman–Crippen LogP) is 1.37. The summed E-state index contributed by atoms with van der Waals surface area (Å²) in [7, 11) is 1.58. The zero-order valence-corrected chi connectivity index (χ0v) is 11.6. The second kappa shape index (κ2) is 5.69. The molecule has 1 saturated heterocycles. The minimum absolute atomic E-state index is 0.125. The number of anilines is 1. The molecule has 1 aromatic rings. The summed E-state index contributed by atoms with van der Waals surface area (Å²) in [5, 5.41) is 2.82. The van der Waals surface area contributed by atoms with Gasteiger partial charge in [-0.25, -0.2) is 0 Å². The first-order chi connectivity index (χ1) is 8.60. The van der Waals surface area contributed by atoms with Gasteiger partial charge in [0.05, 0.1) is 26.2 Å². The van der Waals surface area contributed by atoms with E-state index in [-0.39, 0.29) is 17.9 Å². The van der Waals surface area contributed by atoms with Gasteiger partial charge < -0.3 is 20.5 Å². The fourth-order valence-electron chi connectivity index (χ4n) is 1.83. The Morgan fingerprint density at radius 3 is 2.89 bits per heavy atom. The molecule has 0 saturated carbocycles. The molecule has 2 unspecified atom stereocenters. The summed E-state index contributed by atoms with van der Waals surface area (Å²) in [6.45, 7) is 0.804. The van der Waals surface area contributed by atoms with Crippen LogP contribution in [0.2, 0.25) is 0 Å². The number of nitrogens with two attached hydrogens (primary N) is 1. The number of ether oxygens (including phenoxy) is 2. The number of carbonyl (C=O) groups is 1. The average molecular weight is 315 g/mol. The quantitative estimate of drug-likeness (QED) is 0.883. The van der Waals surface area contributed by atoms with Crippen LogP contribution >= 0.6 is 15.9 Å². The van der Waals surface area contributed by atoms with E-state index in [1.54, 1.807) is 13.2 Å². The Morgan fingerprint density at radius 2 is 2.28 bits per heavy atom. The van der Waals surface area contributed by atoms with Crippen molar-refractivity contribution in [1.29, 1.82) is 0 Å². The molecule has 5 nitrogen and oxygen atoms in total. The van der Waals surface area contributed by atoms with Crippen molar-refractivity contribution in [1.82, 2.24) is 0 Å². The Bertz CT molecular complexity index is 453. The summed E-state index contributed by atoms with van der Waals surface area (Å²) in [6.07, 6.45) is 0. The molecule has 0 aliphatic carbocycles. The molecule has 0 bridgehead atoms. The van der Waals surface area contributed by atoms with Gasteiger partial charge in [-0.1, -0.05) is 15.9 Å². The molecule has 0 radical (unpaired) electrons. The molecular formula is C12H15BrN2O3. The summed E-state index contributed by atoms with van der Waals surface area (Å²) in [5.41, 5.74) is 6.47. The summed E-state index contributed by atoms with van der Waals surface area (Å²) >= 11 is 3.36. The highest BCUT2D eigenvalue weighted by molar-refractivity contribution is 9.10. The first kappa shape index (κ1) is 13.3. The molecule has 1 fully saturated rings. The van der Waals surface area contributed by atoms with E-state index in [0.29, 0.717) is 24.7 Å². The van der Waals surface area contributed by atoms with Gasteiger partial charge in [0.1, 0.15) is 5.75 Å². The Balaban J connectivity index is 2.09. The van der Waals surface area contributed by atoms with Crippen LogP contribution < -0.4 is 15.8 Å². The number of carbonyl (C=O) groups excluding carboxylic acids is 1. The number of methoxy groups -OCH3 is 1. The molecule has 1 aliphatic heterocycles. The summed E-state index contributed by atoms with van der Waals surface area (Å²) in [5.74, 6) is 0.252. The molecule has 1 aromatic carbocycles. The van der Waals surface area contributed by atoms with Gasteiger partial charge in [0, 0.05) is 22.3 Å². The molecule has 0 aromatic heterocycles. The summed E-state index contributed by atoms with van der Waals surface area (Å²) in [6, 6.07) is 5.14. The van der Waals surface area contributed by atoms with Gasteiger partial charge in [-0.05, 0) is 12.1 Å². The van der Waals surface area contributed by atoms with E-state index < -0.39 is 0 Å². The topological polar surface area (TPSA) is 73.6 Å². The molecule has 6 heteroatoms. The lowest BCUT2D eigenvalue weighted by molar-refractivity contribution is -0.120. The third kappa shape index (κ3) is 3.01. The van der Waals surface area contributed by atoms with Gasteiger partial charge in [0.15, 0.2) is 0 Å². The van der Waals surface area contributed by atoms with E-state index in [0.717, 1.165) is 4.47 Å². The van der Waals surface area contributed by atoms with Gasteiger partial charge >= 0.3 is 0 Å². The van der Waals surface area contributed by atoms with Crippen LogP contribution in [-0.4, -0.2) is 32.3 Å². The van der Waals surface area contributed by atoms with E-state index in [1.165, 1.54) is 0 Å². The standard InChI is InChI=1S/C12H15BrN2O3/c1-17-9-3-7(13)2-8(4-9)15-12(16)10-5-18-6-11(10)14/h2-4,10-11H,5-6,14H2,1H3,(H,15,16). The Morgan fingerprint density at radius 1 is 1.50 bits per heavy atom. The SMILES string of the molecule is COc1cc(Br)cc(NC(=O)C2COCC2N)c1. The van der Waals surface area contributed by atoms with Gasteiger partial charge in [0.2, 0.25) is 5.91 Å². The minimum Gasteiger partial charge on any atom is -0.497 e. The predicted molar refractivity (Wildman–Crippen MR) is 71.6 cm³/mol. The number of benzene rings is 1. The smallest absolute Gasteiger partial charge is 0.231 e. The summed E-state index contributed by atoms with van der Waals surface area (Å²) in [4.78, 5) is 12.0. The zero-order chi connectivity index (χ0) is 13.1. The lowest BCUT2D eigenvalue weighted by Crippen LogP contribution is -2.37. The van der Waals surface area contributed by atoms with Crippen molar-refractivity contribution in [3.8, 4) is 5.75 Å². The van der Waals surface area contributed by atoms with E-state index in [1.807, 2.05) is 12.1 Å². The van der Waals surface area contributed by atoms with Crippen molar-refractivity contribution in [3.05, 3.63) is 22.7 Å². The molecule has 0 spiro atoms. The second-order valence-corrected chi connectivity index (χ2v) is 5.09. The monoisotopic (exact) mass is 314 g/mol. The Labute approximate surface area is 114 Å². The van der Waals surface area contributed by atoms with E-state index in [4.69, 9.17) is 15.2 Å². The number of rotatable bonds is 3. The highest BCUT2D eigenvalue weighted by Crippen LogP contribution is 2.25. The van der Waals surface area contributed by atoms with Crippen LogP contribution in [0.25, 0.3) is 0 Å². The van der Waals surface area contributed by atoms with Crippen LogP contribution in [0.5, 0.6) is 5.75 Å². The molecule has 1 aliphatic rings. The number of hydrogen-bond acceptors (Lipinski definition) is 4. The van der Waals surface area contributed by atoms with E-state index >= 15 is 0 Å². The van der Waals surface area contributed by atoms with Crippen LogP contribution in [0.3, 0.4) is 0 Å². The lowest BCUT2D eigenvalue weighted by atomic mass is 10.0. The van der Waals surface area contributed by atoms with Crippen LogP contribution in [-0.2, 0) is 9.53 Å². The molecule has 2 rings (SSSR count). The first-order valence-electron chi connectivity index (χ1n) is 5.59. The zero-order valence-electron chi connectivity index (χ0n) is 9.98. The van der Waals surface area contributed by atoms with Gasteiger partial charge in [0.25, 0.3) is 0 Å². The van der Waals surface area contributed by atoms with Crippen LogP contribution in [0, 0.1) is 5.92 Å². The maximum absolute atomic E-state index is 12.0. The molecule has 3 N–H and O–H groups in total. The fourth-order valence-corrected chi connectivity index (χ4v) is 2.30.